The van der Waals surface area contributed by atoms with Crippen molar-refractivity contribution in [2.24, 2.45) is 0 Å². The fraction of sp³-hybridized carbons (Fsp3) is 0.286. The first-order valence-electron chi connectivity index (χ1n) is 9.33. The fourth-order valence-corrected chi connectivity index (χ4v) is 4.24. The van der Waals surface area contributed by atoms with Gasteiger partial charge in [0.15, 0.2) is 0 Å². The molecule has 1 aliphatic heterocycles. The van der Waals surface area contributed by atoms with Gasteiger partial charge in [-0.3, -0.25) is 4.79 Å². The quantitative estimate of drug-likeness (QED) is 0.655. The highest BCUT2D eigenvalue weighted by Crippen LogP contribution is 2.29. The highest BCUT2D eigenvalue weighted by molar-refractivity contribution is 7.17. The summed E-state index contributed by atoms with van der Waals surface area (Å²) >= 11 is 1.43. The third kappa shape index (κ3) is 4.22. The molecule has 3 aromatic rings. The molecule has 0 N–H and O–H groups in total. The van der Waals surface area contributed by atoms with Crippen LogP contribution in [0.2, 0.25) is 0 Å². The summed E-state index contributed by atoms with van der Waals surface area (Å²) in [5.41, 5.74) is 1.75. The van der Waals surface area contributed by atoms with Gasteiger partial charge < -0.3 is 14.5 Å². The van der Waals surface area contributed by atoms with Gasteiger partial charge in [-0.05, 0) is 36.8 Å². The summed E-state index contributed by atoms with van der Waals surface area (Å²) in [5, 5.41) is 0. The number of amides is 1. The lowest BCUT2D eigenvalue weighted by molar-refractivity contribution is 0.0751. The molecule has 6 nitrogen and oxygen atoms in total. The number of carbonyl (C=O) groups excluding carboxylic acids is 1. The third-order valence-electron chi connectivity index (χ3n) is 4.82. The molecule has 150 valence electrons. The summed E-state index contributed by atoms with van der Waals surface area (Å²) < 4.78 is 18.3. The number of rotatable bonds is 4. The van der Waals surface area contributed by atoms with Crippen LogP contribution in [-0.4, -0.2) is 54.1 Å². The number of carbonyl (C=O) groups is 1. The summed E-state index contributed by atoms with van der Waals surface area (Å²) in [4.78, 5) is 27.4. The maximum Gasteiger partial charge on any atom is 0.264 e. The van der Waals surface area contributed by atoms with E-state index in [1.807, 2.05) is 24.0 Å². The standard InChI is InChI=1S/C21H21FN4O2S/c1-14-13-19(28-2)24-21(23-14)26-11-9-25(10-12-26)20(27)18-8-7-17(29-18)15-3-5-16(22)6-4-15/h3-8,13H,9-12H2,1-2H3. The molecule has 4 rings (SSSR count). The number of nitrogens with zero attached hydrogens (tertiary/aromatic N) is 4. The zero-order valence-corrected chi connectivity index (χ0v) is 17.1. The van der Waals surface area contributed by atoms with Gasteiger partial charge in [0.2, 0.25) is 11.8 Å². The predicted molar refractivity (Wildman–Crippen MR) is 111 cm³/mol. The second-order valence-corrected chi connectivity index (χ2v) is 7.89. The van der Waals surface area contributed by atoms with E-state index in [2.05, 4.69) is 14.9 Å². The van der Waals surface area contributed by atoms with Crippen molar-refractivity contribution >= 4 is 23.2 Å². The maximum atomic E-state index is 13.1. The van der Waals surface area contributed by atoms with E-state index in [-0.39, 0.29) is 11.7 Å². The summed E-state index contributed by atoms with van der Waals surface area (Å²) in [6, 6.07) is 11.9. The smallest absolute Gasteiger partial charge is 0.264 e. The molecule has 8 heteroatoms. The first-order chi connectivity index (χ1) is 14.0. The molecule has 1 aliphatic rings. The van der Waals surface area contributed by atoms with E-state index < -0.39 is 0 Å². The van der Waals surface area contributed by atoms with Crippen molar-refractivity contribution in [2.45, 2.75) is 6.92 Å². The van der Waals surface area contributed by atoms with Crippen LogP contribution >= 0.6 is 11.3 Å². The van der Waals surface area contributed by atoms with Crippen LogP contribution in [0.1, 0.15) is 15.4 Å². The summed E-state index contributed by atoms with van der Waals surface area (Å²) in [6.45, 7) is 4.43. The molecule has 2 aromatic heterocycles. The van der Waals surface area contributed by atoms with Crippen molar-refractivity contribution in [1.29, 1.82) is 0 Å². The Morgan fingerprint density at radius 2 is 1.79 bits per heavy atom. The Balaban J connectivity index is 1.42. The lowest BCUT2D eigenvalue weighted by atomic mass is 10.2. The lowest BCUT2D eigenvalue weighted by Crippen LogP contribution is -2.49. The van der Waals surface area contributed by atoms with Gasteiger partial charge in [0.1, 0.15) is 5.82 Å². The molecule has 0 bridgehead atoms. The number of halogens is 1. The Labute approximate surface area is 172 Å². The summed E-state index contributed by atoms with van der Waals surface area (Å²) in [6.07, 6.45) is 0. The van der Waals surface area contributed by atoms with Gasteiger partial charge in [-0.15, -0.1) is 11.3 Å². The molecule has 0 aliphatic carbocycles. The van der Waals surface area contributed by atoms with E-state index in [0.29, 0.717) is 42.9 Å². The molecule has 0 atom stereocenters. The van der Waals surface area contributed by atoms with Crippen molar-refractivity contribution < 1.29 is 13.9 Å². The number of aryl methyl sites for hydroxylation is 1. The van der Waals surface area contributed by atoms with E-state index >= 15 is 0 Å². The monoisotopic (exact) mass is 412 g/mol. The van der Waals surface area contributed by atoms with Gasteiger partial charge in [0, 0.05) is 42.8 Å². The van der Waals surface area contributed by atoms with Crippen LogP contribution in [0.4, 0.5) is 10.3 Å². The van der Waals surface area contributed by atoms with Crippen LogP contribution < -0.4 is 9.64 Å². The van der Waals surface area contributed by atoms with Gasteiger partial charge in [0.25, 0.3) is 5.91 Å². The minimum Gasteiger partial charge on any atom is -0.481 e. The third-order valence-corrected chi connectivity index (χ3v) is 5.95. The zero-order valence-electron chi connectivity index (χ0n) is 16.3. The number of hydrogen-bond acceptors (Lipinski definition) is 6. The number of benzene rings is 1. The zero-order chi connectivity index (χ0) is 20.4. The van der Waals surface area contributed by atoms with E-state index in [1.54, 1.807) is 25.3 Å². The fourth-order valence-electron chi connectivity index (χ4n) is 3.26. The van der Waals surface area contributed by atoms with Crippen LogP contribution in [0.5, 0.6) is 5.88 Å². The average molecular weight is 412 g/mol. The van der Waals surface area contributed by atoms with Crippen LogP contribution in [0, 0.1) is 12.7 Å². The average Bonchev–Trinajstić information content (AvgIpc) is 3.23. The van der Waals surface area contributed by atoms with Gasteiger partial charge in [-0.25, -0.2) is 9.37 Å². The first kappa shape index (κ1) is 19.3. The Morgan fingerprint density at radius 1 is 1.07 bits per heavy atom. The van der Waals surface area contributed by atoms with E-state index in [4.69, 9.17) is 4.74 Å². The van der Waals surface area contributed by atoms with Crippen molar-refractivity contribution in [3.8, 4) is 16.3 Å². The van der Waals surface area contributed by atoms with Crippen LogP contribution in [-0.2, 0) is 0 Å². The second-order valence-electron chi connectivity index (χ2n) is 6.80. The van der Waals surface area contributed by atoms with E-state index in [9.17, 15) is 9.18 Å². The molecule has 0 spiro atoms. The number of piperazine rings is 1. The molecular weight excluding hydrogens is 391 g/mol. The topological polar surface area (TPSA) is 58.6 Å². The van der Waals surface area contributed by atoms with Crippen LogP contribution in [0.15, 0.2) is 42.5 Å². The minimum atomic E-state index is -0.269. The summed E-state index contributed by atoms with van der Waals surface area (Å²) in [7, 11) is 1.59. The van der Waals surface area contributed by atoms with Gasteiger partial charge in [0.05, 0.1) is 12.0 Å². The van der Waals surface area contributed by atoms with Crippen LogP contribution in [0.3, 0.4) is 0 Å². The highest BCUT2D eigenvalue weighted by atomic mass is 32.1. The Hall–Kier alpha value is -3.00. The molecule has 1 aromatic carbocycles. The highest BCUT2D eigenvalue weighted by Gasteiger charge is 2.25. The molecule has 3 heterocycles. The van der Waals surface area contributed by atoms with Crippen molar-refractivity contribution in [3.63, 3.8) is 0 Å². The second kappa shape index (κ2) is 8.16. The normalized spacial score (nSPS) is 14.2. The minimum absolute atomic E-state index is 0.0192. The molecule has 0 unspecified atom stereocenters. The number of methoxy groups -OCH3 is 1. The Bertz CT molecular complexity index is 1010. The van der Waals surface area contributed by atoms with Gasteiger partial charge in [-0.1, -0.05) is 12.1 Å². The number of aromatic nitrogens is 2. The SMILES string of the molecule is COc1cc(C)nc(N2CCN(C(=O)c3ccc(-c4ccc(F)cc4)s3)CC2)n1. The predicted octanol–water partition coefficient (Wildman–Crippen LogP) is 3.62. The number of ether oxygens (including phenoxy) is 1. The number of anilines is 1. The number of hydrogen-bond donors (Lipinski definition) is 0. The van der Waals surface area contributed by atoms with E-state index in [0.717, 1.165) is 16.1 Å². The van der Waals surface area contributed by atoms with E-state index in [1.165, 1.54) is 23.5 Å². The lowest BCUT2D eigenvalue weighted by Gasteiger charge is -2.34. The van der Waals surface area contributed by atoms with Gasteiger partial charge in [-0.2, -0.15) is 4.98 Å². The molecule has 29 heavy (non-hydrogen) atoms. The summed E-state index contributed by atoms with van der Waals surface area (Å²) in [5.74, 6) is 0.919. The Kier molecular flexibility index (Phi) is 5.44. The molecular formula is C21H21FN4O2S. The molecule has 0 saturated carbocycles. The van der Waals surface area contributed by atoms with Crippen molar-refractivity contribution in [3.05, 3.63) is 58.9 Å². The van der Waals surface area contributed by atoms with Crippen LogP contribution in [0.25, 0.3) is 10.4 Å². The molecule has 0 radical (unpaired) electrons. The van der Waals surface area contributed by atoms with Crippen molar-refractivity contribution in [2.75, 3.05) is 38.2 Å². The molecule has 1 fully saturated rings. The van der Waals surface area contributed by atoms with Gasteiger partial charge >= 0.3 is 0 Å². The number of thiophene rings is 1. The molecule has 1 saturated heterocycles. The molecule has 1 amide bonds. The largest absolute Gasteiger partial charge is 0.481 e. The Morgan fingerprint density at radius 3 is 2.48 bits per heavy atom. The maximum absolute atomic E-state index is 13.1. The first-order valence-corrected chi connectivity index (χ1v) is 10.1. The van der Waals surface area contributed by atoms with Crippen molar-refractivity contribution in [1.82, 2.24) is 14.9 Å².